The van der Waals surface area contributed by atoms with E-state index in [4.69, 9.17) is 11.5 Å². The average molecular weight is 386 g/mol. The maximum absolute atomic E-state index is 11.3. The second-order valence-electron chi connectivity index (χ2n) is 7.90. The Hall–Kier alpha value is -0.650. The van der Waals surface area contributed by atoms with E-state index in [1.54, 1.807) is 4.90 Å². The molecule has 27 heavy (non-hydrogen) atoms. The Balaban J connectivity index is 3.36. The fourth-order valence-electron chi connectivity index (χ4n) is 3.68. The Morgan fingerprint density at radius 1 is 0.704 bits per heavy atom. The molecule has 0 spiro atoms. The number of nitrogens with two attached hydrogens (primary N) is 2. The SMILES string of the molecule is CCCCCCCCCCCCCCCCCCC(C(=O)O)N(CN)CN. The molecule has 162 valence electrons. The Morgan fingerprint density at radius 3 is 1.33 bits per heavy atom. The molecule has 0 aromatic heterocycles. The van der Waals surface area contributed by atoms with Gasteiger partial charge in [-0.05, 0) is 6.42 Å². The Labute approximate surface area is 168 Å². The minimum absolute atomic E-state index is 0.201. The molecule has 5 nitrogen and oxygen atoms in total. The number of carboxylic acid groups (broad SMARTS) is 1. The fraction of sp³-hybridized carbons (Fsp3) is 0.955. The molecule has 1 unspecified atom stereocenters. The molecular weight excluding hydrogens is 338 g/mol. The number of unbranched alkanes of at least 4 members (excludes halogenated alkanes) is 15. The maximum atomic E-state index is 11.3. The summed E-state index contributed by atoms with van der Waals surface area (Å²) in [7, 11) is 0. The minimum Gasteiger partial charge on any atom is -0.480 e. The normalized spacial score (nSPS) is 12.6. The zero-order valence-electron chi connectivity index (χ0n) is 18.0. The molecular formula is C22H47N3O2. The van der Waals surface area contributed by atoms with Crippen LogP contribution < -0.4 is 11.5 Å². The Kier molecular flexibility index (Phi) is 19.6. The maximum Gasteiger partial charge on any atom is 0.320 e. The number of carboxylic acids is 1. The second-order valence-corrected chi connectivity index (χ2v) is 7.90. The molecule has 0 saturated carbocycles. The van der Waals surface area contributed by atoms with E-state index < -0.39 is 12.0 Å². The molecule has 1 atom stereocenters. The van der Waals surface area contributed by atoms with Crippen LogP contribution in [0.25, 0.3) is 0 Å². The molecule has 0 radical (unpaired) electrons. The van der Waals surface area contributed by atoms with E-state index >= 15 is 0 Å². The number of rotatable bonds is 21. The van der Waals surface area contributed by atoms with Gasteiger partial charge in [0.05, 0.1) is 0 Å². The van der Waals surface area contributed by atoms with Gasteiger partial charge in [0.1, 0.15) is 6.04 Å². The molecule has 0 aliphatic heterocycles. The van der Waals surface area contributed by atoms with E-state index in [0.717, 1.165) is 12.8 Å². The lowest BCUT2D eigenvalue weighted by Crippen LogP contribution is -2.47. The summed E-state index contributed by atoms with van der Waals surface area (Å²) < 4.78 is 0. The molecule has 5 heteroatoms. The Morgan fingerprint density at radius 2 is 1.04 bits per heavy atom. The second kappa shape index (κ2) is 20.1. The lowest BCUT2D eigenvalue weighted by Gasteiger charge is -2.25. The highest BCUT2D eigenvalue weighted by atomic mass is 16.4. The average Bonchev–Trinajstić information content (AvgIpc) is 2.66. The summed E-state index contributed by atoms with van der Waals surface area (Å²) >= 11 is 0. The molecule has 0 amide bonds. The molecule has 0 rings (SSSR count). The van der Waals surface area contributed by atoms with Crippen molar-refractivity contribution in [3.63, 3.8) is 0 Å². The predicted molar refractivity (Wildman–Crippen MR) is 116 cm³/mol. The Bertz CT molecular complexity index is 323. The van der Waals surface area contributed by atoms with Gasteiger partial charge in [-0.1, -0.05) is 110 Å². The molecule has 0 aliphatic rings. The smallest absolute Gasteiger partial charge is 0.320 e. The third-order valence-corrected chi connectivity index (χ3v) is 5.53. The van der Waals surface area contributed by atoms with Crippen molar-refractivity contribution in [2.24, 2.45) is 11.5 Å². The van der Waals surface area contributed by atoms with Crippen molar-refractivity contribution in [3.8, 4) is 0 Å². The van der Waals surface area contributed by atoms with E-state index in [-0.39, 0.29) is 13.3 Å². The largest absolute Gasteiger partial charge is 0.480 e. The summed E-state index contributed by atoms with van der Waals surface area (Å²) in [5.41, 5.74) is 11.1. The van der Waals surface area contributed by atoms with Gasteiger partial charge in [0.15, 0.2) is 0 Å². The van der Waals surface area contributed by atoms with Crippen molar-refractivity contribution in [1.29, 1.82) is 0 Å². The molecule has 0 aliphatic carbocycles. The molecule has 0 aromatic carbocycles. The van der Waals surface area contributed by atoms with E-state index in [2.05, 4.69) is 6.92 Å². The summed E-state index contributed by atoms with van der Waals surface area (Å²) in [5.74, 6) is -0.813. The van der Waals surface area contributed by atoms with Gasteiger partial charge in [-0.15, -0.1) is 0 Å². The summed E-state index contributed by atoms with van der Waals surface area (Å²) in [5, 5.41) is 9.28. The monoisotopic (exact) mass is 385 g/mol. The fourth-order valence-corrected chi connectivity index (χ4v) is 3.68. The highest BCUT2D eigenvalue weighted by molar-refractivity contribution is 5.73. The van der Waals surface area contributed by atoms with Crippen LogP contribution in [0, 0.1) is 0 Å². The highest BCUT2D eigenvalue weighted by Crippen LogP contribution is 2.15. The van der Waals surface area contributed by atoms with Crippen LogP contribution in [0.2, 0.25) is 0 Å². The van der Waals surface area contributed by atoms with Crippen LogP contribution in [0.5, 0.6) is 0 Å². The third-order valence-electron chi connectivity index (χ3n) is 5.53. The van der Waals surface area contributed by atoms with Crippen LogP contribution in [-0.2, 0) is 4.79 Å². The van der Waals surface area contributed by atoms with Crippen LogP contribution in [0.1, 0.15) is 116 Å². The van der Waals surface area contributed by atoms with Gasteiger partial charge in [0, 0.05) is 13.3 Å². The van der Waals surface area contributed by atoms with Crippen molar-refractivity contribution in [2.45, 2.75) is 122 Å². The molecule has 0 fully saturated rings. The van der Waals surface area contributed by atoms with Crippen molar-refractivity contribution in [2.75, 3.05) is 13.3 Å². The quantitative estimate of drug-likeness (QED) is 0.186. The molecule has 0 aromatic rings. The molecule has 0 heterocycles. The van der Waals surface area contributed by atoms with Gasteiger partial charge in [-0.2, -0.15) is 0 Å². The standard InChI is InChI=1S/C22H47N3O2/c1-2-3-4-5-6-7-8-9-10-11-12-13-14-15-16-17-18-21(22(26)27)25(19-23)20-24/h21H,2-20,23-24H2,1H3,(H,26,27). The molecule has 0 saturated heterocycles. The number of hydrogen-bond acceptors (Lipinski definition) is 4. The van der Waals surface area contributed by atoms with Gasteiger partial charge in [0.2, 0.25) is 0 Å². The number of carbonyl (C=O) groups is 1. The van der Waals surface area contributed by atoms with E-state index in [9.17, 15) is 9.90 Å². The first kappa shape index (κ1) is 26.4. The summed E-state index contributed by atoms with van der Waals surface area (Å²) in [4.78, 5) is 12.9. The topological polar surface area (TPSA) is 92.6 Å². The van der Waals surface area contributed by atoms with Gasteiger partial charge in [0.25, 0.3) is 0 Å². The number of hydrogen-bond donors (Lipinski definition) is 3. The highest BCUT2D eigenvalue weighted by Gasteiger charge is 2.22. The van der Waals surface area contributed by atoms with Crippen LogP contribution in [-0.4, -0.2) is 35.4 Å². The van der Waals surface area contributed by atoms with E-state index in [1.807, 2.05) is 0 Å². The van der Waals surface area contributed by atoms with E-state index in [1.165, 1.54) is 89.9 Å². The van der Waals surface area contributed by atoms with Crippen LogP contribution in [0.15, 0.2) is 0 Å². The summed E-state index contributed by atoms with van der Waals surface area (Å²) in [6.07, 6.45) is 21.8. The first-order valence-corrected chi connectivity index (χ1v) is 11.5. The zero-order chi connectivity index (χ0) is 20.2. The number of nitrogens with zero attached hydrogens (tertiary/aromatic N) is 1. The third kappa shape index (κ3) is 16.0. The molecule has 5 N–H and O–H groups in total. The van der Waals surface area contributed by atoms with Crippen molar-refractivity contribution in [3.05, 3.63) is 0 Å². The van der Waals surface area contributed by atoms with Crippen molar-refractivity contribution < 1.29 is 9.90 Å². The van der Waals surface area contributed by atoms with Crippen LogP contribution in [0.3, 0.4) is 0 Å². The first-order chi connectivity index (χ1) is 13.2. The van der Waals surface area contributed by atoms with Gasteiger partial charge >= 0.3 is 5.97 Å². The predicted octanol–water partition coefficient (Wildman–Crippen LogP) is 5.23. The lowest BCUT2D eigenvalue weighted by atomic mass is 10.0. The number of aliphatic carboxylic acids is 1. The lowest BCUT2D eigenvalue weighted by molar-refractivity contribution is -0.143. The van der Waals surface area contributed by atoms with Crippen LogP contribution >= 0.6 is 0 Å². The van der Waals surface area contributed by atoms with Gasteiger partial charge in [-0.25, -0.2) is 0 Å². The van der Waals surface area contributed by atoms with Gasteiger partial charge in [-0.3, -0.25) is 9.69 Å². The molecule has 0 bridgehead atoms. The van der Waals surface area contributed by atoms with Gasteiger partial charge < -0.3 is 16.6 Å². The summed E-state index contributed by atoms with van der Waals surface area (Å²) in [6, 6.07) is -0.536. The van der Waals surface area contributed by atoms with Crippen molar-refractivity contribution in [1.82, 2.24) is 4.90 Å². The first-order valence-electron chi connectivity index (χ1n) is 11.5. The zero-order valence-corrected chi connectivity index (χ0v) is 18.0. The summed E-state index contributed by atoms with van der Waals surface area (Å²) in [6.45, 7) is 2.67. The van der Waals surface area contributed by atoms with Crippen molar-refractivity contribution >= 4 is 5.97 Å². The minimum atomic E-state index is -0.813. The van der Waals surface area contributed by atoms with E-state index in [0.29, 0.717) is 6.42 Å². The van der Waals surface area contributed by atoms with Crippen LogP contribution in [0.4, 0.5) is 0 Å².